The minimum atomic E-state index is -0.0368. The van der Waals surface area contributed by atoms with Crippen molar-refractivity contribution in [3.05, 3.63) is 34.7 Å². The van der Waals surface area contributed by atoms with Crippen LogP contribution in [0.25, 0.3) is 10.4 Å². The third-order valence-electron chi connectivity index (χ3n) is 3.97. The predicted octanol–water partition coefficient (Wildman–Crippen LogP) is 3.10. The molecule has 0 N–H and O–H groups in total. The molecule has 5 nitrogen and oxygen atoms in total. The van der Waals surface area contributed by atoms with E-state index in [0.29, 0.717) is 25.4 Å². The summed E-state index contributed by atoms with van der Waals surface area (Å²) in [5.74, 6) is 1.39. The molecule has 0 radical (unpaired) electrons. The maximum Gasteiger partial charge on any atom is 0.248 e. The molecule has 0 bridgehead atoms. The minimum absolute atomic E-state index is 0.0368. The molecule has 6 heteroatoms. The average molecular weight is 347 g/mol. The van der Waals surface area contributed by atoms with Crippen molar-refractivity contribution in [2.75, 3.05) is 34.0 Å². The van der Waals surface area contributed by atoms with E-state index in [1.54, 1.807) is 23.3 Å². The highest BCUT2D eigenvalue weighted by Crippen LogP contribution is 2.40. The topological polar surface area (TPSA) is 48.0 Å². The van der Waals surface area contributed by atoms with Gasteiger partial charge in [-0.3, -0.25) is 4.79 Å². The Morgan fingerprint density at radius 3 is 2.83 bits per heavy atom. The van der Waals surface area contributed by atoms with Gasteiger partial charge in [0.1, 0.15) is 13.2 Å². The normalized spacial score (nSPS) is 13.9. The van der Waals surface area contributed by atoms with Crippen LogP contribution in [0.3, 0.4) is 0 Å². The van der Waals surface area contributed by atoms with Crippen LogP contribution >= 0.6 is 11.3 Å². The summed E-state index contributed by atoms with van der Waals surface area (Å²) in [7, 11) is 3.17. The maximum atomic E-state index is 12.2. The van der Waals surface area contributed by atoms with Crippen molar-refractivity contribution in [1.82, 2.24) is 4.90 Å². The van der Waals surface area contributed by atoms with Crippen LogP contribution < -0.4 is 9.47 Å². The van der Waals surface area contributed by atoms with E-state index in [1.165, 1.54) is 16.9 Å². The molecule has 0 saturated heterocycles. The van der Waals surface area contributed by atoms with Gasteiger partial charge in [-0.15, -0.1) is 11.3 Å². The number of rotatable bonds is 4. The second kappa shape index (κ2) is 7.23. The smallest absolute Gasteiger partial charge is 0.248 e. The molecule has 0 fully saturated rings. The maximum absolute atomic E-state index is 12.2. The van der Waals surface area contributed by atoms with Gasteiger partial charge in [0.2, 0.25) is 5.91 Å². The molecule has 1 amide bonds. The van der Waals surface area contributed by atoms with Crippen LogP contribution in [0.1, 0.15) is 10.4 Å². The third kappa shape index (κ3) is 3.39. The summed E-state index contributed by atoms with van der Waals surface area (Å²) in [6.07, 6.45) is 0. The Bertz CT molecular complexity index is 741. The summed E-state index contributed by atoms with van der Waals surface area (Å²) in [5.41, 5.74) is 2.03. The van der Waals surface area contributed by atoms with E-state index >= 15 is 0 Å². The molecule has 3 rings (SSSR count). The summed E-state index contributed by atoms with van der Waals surface area (Å²) in [6.45, 7) is 3.63. The van der Waals surface area contributed by atoms with Gasteiger partial charge in [-0.25, -0.2) is 0 Å². The molecule has 0 atom stereocenters. The van der Waals surface area contributed by atoms with Crippen molar-refractivity contribution in [3.63, 3.8) is 0 Å². The number of benzene rings is 1. The Hall–Kier alpha value is -2.05. The Kier molecular flexibility index (Phi) is 5.06. The molecule has 24 heavy (non-hydrogen) atoms. The Morgan fingerprint density at radius 1 is 1.33 bits per heavy atom. The first-order valence-electron chi connectivity index (χ1n) is 7.79. The van der Waals surface area contributed by atoms with Crippen molar-refractivity contribution < 1.29 is 19.0 Å². The first-order chi connectivity index (χ1) is 11.6. The van der Waals surface area contributed by atoms with E-state index in [1.807, 2.05) is 6.07 Å². The largest absolute Gasteiger partial charge is 0.493 e. The number of amides is 1. The zero-order chi connectivity index (χ0) is 17.1. The van der Waals surface area contributed by atoms with Crippen LogP contribution in [0.4, 0.5) is 0 Å². The van der Waals surface area contributed by atoms with Gasteiger partial charge < -0.3 is 19.1 Å². The predicted molar refractivity (Wildman–Crippen MR) is 93.8 cm³/mol. The standard InChI is InChI=1S/C18H21NO4S/c1-12-4-5-16(24-12)13-8-14-10-19(17(20)11-21-2)6-7-23-18(14)15(9-13)22-3/h4-5,8-9H,6-7,10-11H2,1-3H3. The summed E-state index contributed by atoms with van der Waals surface area (Å²) >= 11 is 1.73. The lowest BCUT2D eigenvalue weighted by Crippen LogP contribution is -2.34. The SMILES string of the molecule is COCC(=O)N1CCOc2c(cc(-c3ccc(C)s3)cc2OC)C1. The fraction of sp³-hybridized carbons (Fsp3) is 0.389. The number of hydrogen-bond acceptors (Lipinski definition) is 5. The minimum Gasteiger partial charge on any atom is -0.493 e. The summed E-state index contributed by atoms with van der Waals surface area (Å²) in [4.78, 5) is 16.4. The van der Waals surface area contributed by atoms with Gasteiger partial charge >= 0.3 is 0 Å². The zero-order valence-corrected chi connectivity index (χ0v) is 14.9. The lowest BCUT2D eigenvalue weighted by molar-refractivity contribution is -0.135. The highest BCUT2D eigenvalue weighted by Gasteiger charge is 2.23. The first-order valence-corrected chi connectivity index (χ1v) is 8.61. The van der Waals surface area contributed by atoms with Crippen molar-refractivity contribution >= 4 is 17.2 Å². The molecule has 128 valence electrons. The molecular weight excluding hydrogens is 326 g/mol. The van der Waals surface area contributed by atoms with Crippen LogP contribution in [0.2, 0.25) is 0 Å². The van der Waals surface area contributed by atoms with Crippen molar-refractivity contribution in [3.8, 4) is 21.9 Å². The molecule has 1 aliphatic heterocycles. The van der Waals surface area contributed by atoms with Gasteiger partial charge in [-0.05, 0) is 36.8 Å². The molecule has 2 heterocycles. The molecule has 0 saturated carbocycles. The molecule has 0 aliphatic carbocycles. The van der Waals surface area contributed by atoms with Crippen LogP contribution in [-0.2, 0) is 16.1 Å². The number of carbonyl (C=O) groups excluding carboxylic acids is 1. The quantitative estimate of drug-likeness (QED) is 0.853. The number of aryl methyl sites for hydroxylation is 1. The molecule has 2 aromatic rings. The number of fused-ring (bicyclic) bond motifs is 1. The van der Waals surface area contributed by atoms with Gasteiger partial charge in [0.15, 0.2) is 11.5 Å². The van der Waals surface area contributed by atoms with Gasteiger partial charge in [0, 0.05) is 29.0 Å². The highest BCUT2D eigenvalue weighted by atomic mass is 32.1. The summed E-state index contributed by atoms with van der Waals surface area (Å²) in [5, 5.41) is 0. The van der Waals surface area contributed by atoms with E-state index in [0.717, 1.165) is 16.9 Å². The summed E-state index contributed by atoms with van der Waals surface area (Å²) in [6, 6.07) is 8.29. The number of nitrogens with zero attached hydrogens (tertiary/aromatic N) is 1. The third-order valence-corrected chi connectivity index (χ3v) is 5.02. The second-order valence-electron chi connectivity index (χ2n) is 5.67. The number of carbonyl (C=O) groups is 1. The number of thiophene rings is 1. The fourth-order valence-corrected chi connectivity index (χ4v) is 3.65. The number of ether oxygens (including phenoxy) is 3. The van der Waals surface area contributed by atoms with E-state index in [9.17, 15) is 4.79 Å². The van der Waals surface area contributed by atoms with Crippen molar-refractivity contribution in [2.24, 2.45) is 0 Å². The second-order valence-corrected chi connectivity index (χ2v) is 6.96. The molecule has 1 aliphatic rings. The van der Waals surface area contributed by atoms with Crippen molar-refractivity contribution in [1.29, 1.82) is 0 Å². The molecule has 0 spiro atoms. The van der Waals surface area contributed by atoms with Crippen molar-refractivity contribution in [2.45, 2.75) is 13.5 Å². The zero-order valence-electron chi connectivity index (χ0n) is 14.1. The number of hydrogen-bond donors (Lipinski definition) is 0. The molecule has 1 aromatic carbocycles. The van der Waals surface area contributed by atoms with Gasteiger partial charge in [-0.1, -0.05) is 0 Å². The Balaban J connectivity index is 1.99. The molecular formula is C18H21NO4S. The van der Waals surface area contributed by atoms with Gasteiger partial charge in [0.05, 0.1) is 13.7 Å². The van der Waals surface area contributed by atoms with Gasteiger partial charge in [-0.2, -0.15) is 0 Å². The lowest BCUT2D eigenvalue weighted by Gasteiger charge is -2.19. The van der Waals surface area contributed by atoms with E-state index in [-0.39, 0.29) is 12.5 Å². The van der Waals surface area contributed by atoms with Crippen LogP contribution in [0.5, 0.6) is 11.5 Å². The van der Waals surface area contributed by atoms with E-state index in [2.05, 4.69) is 25.1 Å². The Labute approximate surface area is 145 Å². The fourth-order valence-electron chi connectivity index (χ4n) is 2.79. The van der Waals surface area contributed by atoms with E-state index in [4.69, 9.17) is 14.2 Å². The Morgan fingerprint density at radius 2 is 2.17 bits per heavy atom. The monoisotopic (exact) mass is 347 g/mol. The highest BCUT2D eigenvalue weighted by molar-refractivity contribution is 7.15. The van der Waals surface area contributed by atoms with E-state index < -0.39 is 0 Å². The first kappa shape index (κ1) is 16.8. The number of methoxy groups -OCH3 is 2. The lowest BCUT2D eigenvalue weighted by atomic mass is 10.1. The summed E-state index contributed by atoms with van der Waals surface area (Å²) < 4.78 is 16.4. The average Bonchev–Trinajstić information content (AvgIpc) is 2.89. The van der Waals surface area contributed by atoms with Crippen LogP contribution in [0, 0.1) is 6.92 Å². The molecule has 0 unspecified atom stereocenters. The van der Waals surface area contributed by atoms with Crippen LogP contribution in [0.15, 0.2) is 24.3 Å². The molecule has 1 aromatic heterocycles. The van der Waals surface area contributed by atoms with Crippen LogP contribution in [-0.4, -0.2) is 44.8 Å². The van der Waals surface area contributed by atoms with Gasteiger partial charge in [0.25, 0.3) is 0 Å².